The monoisotopic (exact) mass is 440 g/mol. The first-order valence-electron chi connectivity index (χ1n) is 9.08. The van der Waals surface area contributed by atoms with Crippen LogP contribution in [0, 0.1) is 18.3 Å². The Hall–Kier alpha value is -3.22. The number of anilines is 2. The second-order valence-corrected chi connectivity index (χ2v) is 9.58. The van der Waals surface area contributed by atoms with E-state index in [0.29, 0.717) is 22.1 Å². The summed E-state index contributed by atoms with van der Waals surface area (Å²) < 4.78 is 24.8. The number of carbonyl (C=O) groups excluding carboxylic acids is 1. The van der Waals surface area contributed by atoms with Gasteiger partial charge in [-0.15, -0.1) is 11.3 Å². The molecule has 0 spiro atoms. The van der Waals surface area contributed by atoms with Crippen LogP contribution in [0.3, 0.4) is 0 Å². The highest BCUT2D eigenvalue weighted by molar-refractivity contribution is 7.89. The lowest BCUT2D eigenvalue weighted by atomic mass is 10.1. The highest BCUT2D eigenvalue weighted by Gasteiger charge is 2.22. The minimum atomic E-state index is -3.68. The average molecular weight is 441 g/mol. The normalized spacial score (nSPS) is 11.0. The number of sulfonamides is 1. The minimum Gasteiger partial charge on any atom is -0.317 e. The number of hydrogen-bond acceptors (Lipinski definition) is 7. The van der Waals surface area contributed by atoms with Gasteiger partial charge in [-0.1, -0.05) is 30.3 Å². The molecule has 0 atom stereocenters. The first kappa shape index (κ1) is 21.5. The van der Waals surface area contributed by atoms with Gasteiger partial charge in [-0.05, 0) is 43.2 Å². The maximum absolute atomic E-state index is 12.3. The second kappa shape index (κ2) is 9.07. The fourth-order valence-electron chi connectivity index (χ4n) is 2.86. The number of rotatable bonds is 7. The van der Waals surface area contributed by atoms with E-state index < -0.39 is 15.9 Å². The van der Waals surface area contributed by atoms with Gasteiger partial charge in [0.1, 0.15) is 5.69 Å². The van der Waals surface area contributed by atoms with Crippen LogP contribution in [-0.2, 0) is 16.4 Å². The first-order valence-corrected chi connectivity index (χ1v) is 11.8. The molecule has 0 aliphatic heterocycles. The molecular formula is C21H20N4O3S2. The van der Waals surface area contributed by atoms with E-state index in [4.69, 9.17) is 5.26 Å². The Morgan fingerprint density at radius 2 is 1.83 bits per heavy atom. The summed E-state index contributed by atoms with van der Waals surface area (Å²) in [6.45, 7) is 2.32. The van der Waals surface area contributed by atoms with Gasteiger partial charge in [0, 0.05) is 17.1 Å². The zero-order valence-corrected chi connectivity index (χ0v) is 18.1. The summed E-state index contributed by atoms with van der Waals surface area (Å²) in [7, 11) is -3.68. The topological polar surface area (TPSA) is 103 Å². The summed E-state index contributed by atoms with van der Waals surface area (Å²) in [5, 5.41) is 9.64. The van der Waals surface area contributed by atoms with E-state index in [1.54, 1.807) is 19.1 Å². The number of carbonyl (C=O) groups is 1. The fourth-order valence-corrected chi connectivity index (χ4v) is 4.25. The van der Waals surface area contributed by atoms with E-state index in [1.807, 2.05) is 52.1 Å². The standard InChI is InChI=1S/C21H20N4O3S2/c1-15-19(20(26)24-30(2,27)28)23-21(29-15)25(13-12-16-6-4-3-5-7-16)18-10-8-17(14-22)9-11-18/h3-11H,12-13H2,1-2H3,(H,24,26). The van der Waals surface area contributed by atoms with Gasteiger partial charge < -0.3 is 4.90 Å². The molecule has 1 aromatic heterocycles. The van der Waals surface area contributed by atoms with Crippen LogP contribution in [0.4, 0.5) is 10.8 Å². The summed E-state index contributed by atoms with van der Waals surface area (Å²) in [6, 6.07) is 19.2. The fraction of sp³-hybridized carbons (Fsp3) is 0.190. The van der Waals surface area contributed by atoms with Crippen LogP contribution < -0.4 is 9.62 Å². The smallest absolute Gasteiger partial charge is 0.284 e. The predicted octanol–water partition coefficient (Wildman–Crippen LogP) is 3.39. The van der Waals surface area contributed by atoms with Crippen LogP contribution in [-0.4, -0.2) is 32.1 Å². The first-order chi connectivity index (χ1) is 14.3. The Balaban J connectivity index is 1.94. The Kier molecular flexibility index (Phi) is 6.50. The molecule has 2 aromatic carbocycles. The molecule has 1 amide bonds. The van der Waals surface area contributed by atoms with Crippen molar-refractivity contribution in [3.63, 3.8) is 0 Å². The van der Waals surface area contributed by atoms with Crippen molar-refractivity contribution >= 4 is 38.1 Å². The van der Waals surface area contributed by atoms with Crippen molar-refractivity contribution in [2.24, 2.45) is 0 Å². The molecule has 0 saturated heterocycles. The van der Waals surface area contributed by atoms with Gasteiger partial charge in [0.25, 0.3) is 5.91 Å². The molecule has 3 aromatic rings. The zero-order chi connectivity index (χ0) is 21.7. The average Bonchev–Trinajstić information content (AvgIpc) is 3.10. The molecule has 0 aliphatic rings. The van der Waals surface area contributed by atoms with E-state index in [9.17, 15) is 13.2 Å². The van der Waals surface area contributed by atoms with Crippen LogP contribution in [0.2, 0.25) is 0 Å². The summed E-state index contributed by atoms with van der Waals surface area (Å²) in [4.78, 5) is 19.3. The molecule has 1 N–H and O–H groups in total. The quantitative estimate of drug-likeness (QED) is 0.604. The van der Waals surface area contributed by atoms with E-state index in [-0.39, 0.29) is 5.69 Å². The van der Waals surface area contributed by atoms with Gasteiger partial charge in [0.05, 0.1) is 17.9 Å². The van der Waals surface area contributed by atoms with E-state index >= 15 is 0 Å². The third kappa shape index (κ3) is 5.43. The number of nitriles is 1. The molecular weight excluding hydrogens is 420 g/mol. The number of amides is 1. The van der Waals surface area contributed by atoms with Gasteiger partial charge in [0.2, 0.25) is 10.0 Å². The highest BCUT2D eigenvalue weighted by Crippen LogP contribution is 2.32. The van der Waals surface area contributed by atoms with Crippen molar-refractivity contribution in [3.8, 4) is 6.07 Å². The molecule has 0 aliphatic carbocycles. The number of aromatic nitrogens is 1. The van der Waals surface area contributed by atoms with Crippen molar-refractivity contribution in [1.82, 2.24) is 9.71 Å². The van der Waals surface area contributed by atoms with Crippen molar-refractivity contribution in [1.29, 1.82) is 5.26 Å². The van der Waals surface area contributed by atoms with Gasteiger partial charge >= 0.3 is 0 Å². The van der Waals surface area contributed by atoms with Crippen molar-refractivity contribution in [3.05, 3.63) is 76.3 Å². The molecule has 30 heavy (non-hydrogen) atoms. The lowest BCUT2D eigenvalue weighted by Gasteiger charge is -2.22. The summed E-state index contributed by atoms with van der Waals surface area (Å²) in [5.41, 5.74) is 2.61. The predicted molar refractivity (Wildman–Crippen MR) is 117 cm³/mol. The van der Waals surface area contributed by atoms with Gasteiger partial charge in [-0.3, -0.25) is 4.79 Å². The maximum atomic E-state index is 12.3. The lowest BCUT2D eigenvalue weighted by molar-refractivity contribution is 0.0977. The molecule has 0 unspecified atom stereocenters. The Labute approximate surface area is 179 Å². The molecule has 9 heteroatoms. The molecule has 0 bridgehead atoms. The van der Waals surface area contributed by atoms with E-state index in [0.717, 1.165) is 23.9 Å². The van der Waals surface area contributed by atoms with E-state index in [1.165, 1.54) is 11.3 Å². The number of benzene rings is 2. The summed E-state index contributed by atoms with van der Waals surface area (Å²) in [6.07, 6.45) is 1.67. The SMILES string of the molecule is Cc1sc(N(CCc2ccccc2)c2ccc(C#N)cc2)nc1C(=O)NS(C)(=O)=O. The van der Waals surface area contributed by atoms with Gasteiger partial charge in [0.15, 0.2) is 5.13 Å². The molecule has 7 nitrogen and oxygen atoms in total. The van der Waals surface area contributed by atoms with Crippen LogP contribution in [0.15, 0.2) is 54.6 Å². The maximum Gasteiger partial charge on any atom is 0.284 e. The molecule has 3 rings (SSSR count). The van der Waals surface area contributed by atoms with Gasteiger partial charge in [-0.2, -0.15) is 5.26 Å². The Bertz CT molecular complexity index is 1180. The zero-order valence-electron chi connectivity index (χ0n) is 16.5. The lowest BCUT2D eigenvalue weighted by Crippen LogP contribution is -2.30. The van der Waals surface area contributed by atoms with Crippen LogP contribution in [0.1, 0.15) is 26.5 Å². The van der Waals surface area contributed by atoms with Crippen LogP contribution >= 0.6 is 11.3 Å². The van der Waals surface area contributed by atoms with E-state index in [2.05, 4.69) is 11.1 Å². The molecule has 1 heterocycles. The van der Waals surface area contributed by atoms with Crippen LogP contribution in [0.25, 0.3) is 0 Å². The third-order valence-corrected chi connectivity index (χ3v) is 5.83. The third-order valence-electron chi connectivity index (χ3n) is 4.28. The molecule has 0 fully saturated rings. The van der Waals surface area contributed by atoms with Crippen LogP contribution in [0.5, 0.6) is 0 Å². The Morgan fingerprint density at radius 3 is 2.43 bits per heavy atom. The number of nitrogens with one attached hydrogen (secondary N) is 1. The number of aryl methyl sites for hydroxylation is 1. The number of nitrogens with zero attached hydrogens (tertiary/aromatic N) is 3. The summed E-state index contributed by atoms with van der Waals surface area (Å²) in [5.74, 6) is -0.750. The highest BCUT2D eigenvalue weighted by atomic mass is 32.2. The summed E-state index contributed by atoms with van der Waals surface area (Å²) >= 11 is 1.31. The van der Waals surface area contributed by atoms with Gasteiger partial charge in [-0.25, -0.2) is 18.1 Å². The molecule has 0 saturated carbocycles. The molecule has 154 valence electrons. The Morgan fingerprint density at radius 1 is 1.17 bits per heavy atom. The number of hydrogen-bond donors (Lipinski definition) is 1. The largest absolute Gasteiger partial charge is 0.317 e. The molecule has 0 radical (unpaired) electrons. The minimum absolute atomic E-state index is 0.0822. The number of thiazole rings is 1. The van der Waals surface area contributed by atoms with Crippen molar-refractivity contribution in [2.45, 2.75) is 13.3 Å². The van der Waals surface area contributed by atoms with Crippen molar-refractivity contribution in [2.75, 3.05) is 17.7 Å². The van der Waals surface area contributed by atoms with Crippen molar-refractivity contribution < 1.29 is 13.2 Å². The second-order valence-electron chi connectivity index (χ2n) is 6.65.